The Balaban J connectivity index is 1.31. The van der Waals surface area contributed by atoms with Crippen LogP contribution in [-0.2, 0) is 9.59 Å². The highest BCUT2D eigenvalue weighted by Gasteiger charge is 2.54. The Bertz CT molecular complexity index is 923. The Kier molecular flexibility index (Phi) is 9.24. The first-order chi connectivity index (χ1) is 17.9. The van der Waals surface area contributed by atoms with Gasteiger partial charge in [-0.05, 0) is 57.2 Å². The molecule has 4 rings (SSSR count). The van der Waals surface area contributed by atoms with E-state index < -0.39 is 17.2 Å². The predicted molar refractivity (Wildman–Crippen MR) is 143 cm³/mol. The zero-order valence-electron chi connectivity index (χ0n) is 22.3. The van der Waals surface area contributed by atoms with Gasteiger partial charge in [0, 0.05) is 38.2 Å². The number of nitrogens with zero attached hydrogens (tertiary/aromatic N) is 2. The predicted octanol–water partition coefficient (Wildman–Crippen LogP) is 2.85. The molecule has 0 aromatic heterocycles. The first kappa shape index (κ1) is 27.6. The first-order valence-electron chi connectivity index (χ1n) is 14.3. The van der Waals surface area contributed by atoms with Crippen LogP contribution in [0.25, 0.3) is 0 Å². The molecule has 3 aliphatic rings. The summed E-state index contributed by atoms with van der Waals surface area (Å²) < 4.78 is 0. The van der Waals surface area contributed by atoms with E-state index in [0.29, 0.717) is 50.8 Å². The molecule has 204 valence electrons. The lowest BCUT2D eigenvalue weighted by atomic mass is 9.77. The molecule has 3 fully saturated rings. The van der Waals surface area contributed by atoms with Gasteiger partial charge in [0.25, 0.3) is 5.91 Å². The number of unbranched alkanes of at least 4 members (excludes halogenated alkanes) is 1. The van der Waals surface area contributed by atoms with Gasteiger partial charge in [-0.2, -0.15) is 0 Å². The number of likely N-dealkylation sites (tertiary alicyclic amines) is 1. The molecular formula is C29H44N4O4. The fourth-order valence-electron chi connectivity index (χ4n) is 6.29. The highest BCUT2D eigenvalue weighted by molar-refractivity contribution is 6.00. The summed E-state index contributed by atoms with van der Waals surface area (Å²) in [4.78, 5) is 43.7. The molecule has 2 saturated heterocycles. The largest absolute Gasteiger partial charge is 0.390 e. The number of piperazine rings is 1. The molecule has 3 N–H and O–H groups in total. The van der Waals surface area contributed by atoms with Crippen LogP contribution in [-0.4, -0.2) is 82.5 Å². The average molecular weight is 513 g/mol. The Labute approximate surface area is 221 Å². The van der Waals surface area contributed by atoms with Gasteiger partial charge in [-0.3, -0.25) is 14.4 Å². The van der Waals surface area contributed by atoms with Gasteiger partial charge in [-0.1, -0.05) is 50.8 Å². The van der Waals surface area contributed by atoms with Gasteiger partial charge in [0.2, 0.25) is 11.8 Å². The van der Waals surface area contributed by atoms with Crippen molar-refractivity contribution >= 4 is 17.7 Å². The highest BCUT2D eigenvalue weighted by atomic mass is 16.3. The van der Waals surface area contributed by atoms with Gasteiger partial charge >= 0.3 is 0 Å². The van der Waals surface area contributed by atoms with Crippen LogP contribution in [0.4, 0.5) is 0 Å². The van der Waals surface area contributed by atoms with E-state index in [1.807, 2.05) is 23.1 Å². The van der Waals surface area contributed by atoms with E-state index in [-0.39, 0.29) is 17.7 Å². The molecule has 1 aliphatic carbocycles. The van der Waals surface area contributed by atoms with Crippen molar-refractivity contribution in [2.75, 3.05) is 32.7 Å². The molecule has 1 aromatic rings. The maximum Gasteiger partial charge on any atom is 0.251 e. The number of carbonyl (C=O) groups excluding carboxylic acids is 3. The minimum Gasteiger partial charge on any atom is -0.390 e. The third-order valence-electron chi connectivity index (χ3n) is 8.57. The zero-order chi connectivity index (χ0) is 26.3. The quantitative estimate of drug-likeness (QED) is 0.419. The lowest BCUT2D eigenvalue weighted by Gasteiger charge is -2.52. The first-order valence-corrected chi connectivity index (χ1v) is 14.3. The standard InChI is InChI=1S/C29H44N4O4/c1-2-3-19-33-26(35)24(22-28(37)13-8-5-9-14-28)31-27(36)29(33)15-20-32(21-16-29)18-10-17-30-25(34)23-11-6-4-7-12-23/h4,6-7,11-12,24,37H,2-3,5,8-10,13-22H2,1H3,(H,30,34)(H,31,36)/t24-/m1/s1. The second-order valence-electron chi connectivity index (χ2n) is 11.2. The summed E-state index contributed by atoms with van der Waals surface area (Å²) in [6, 6.07) is 8.58. The minimum absolute atomic E-state index is 0.0240. The maximum absolute atomic E-state index is 13.7. The van der Waals surface area contributed by atoms with Crippen LogP contribution in [0.1, 0.15) is 87.9 Å². The molecule has 2 aliphatic heterocycles. The van der Waals surface area contributed by atoms with E-state index in [4.69, 9.17) is 0 Å². The average Bonchev–Trinajstić information content (AvgIpc) is 2.91. The lowest BCUT2D eigenvalue weighted by Crippen LogP contribution is -2.73. The third kappa shape index (κ3) is 6.52. The van der Waals surface area contributed by atoms with E-state index in [0.717, 1.165) is 58.2 Å². The van der Waals surface area contributed by atoms with Crippen LogP contribution < -0.4 is 10.6 Å². The van der Waals surface area contributed by atoms with Crippen molar-refractivity contribution in [3.63, 3.8) is 0 Å². The van der Waals surface area contributed by atoms with Gasteiger partial charge in [0.15, 0.2) is 0 Å². The molecule has 8 nitrogen and oxygen atoms in total. The van der Waals surface area contributed by atoms with Crippen molar-refractivity contribution in [2.45, 2.75) is 94.7 Å². The number of nitrogens with one attached hydrogen (secondary N) is 2. The van der Waals surface area contributed by atoms with Gasteiger partial charge in [0.05, 0.1) is 5.60 Å². The highest BCUT2D eigenvalue weighted by Crippen LogP contribution is 2.37. The molecule has 37 heavy (non-hydrogen) atoms. The molecule has 3 amide bonds. The topological polar surface area (TPSA) is 102 Å². The molecule has 1 saturated carbocycles. The second-order valence-corrected chi connectivity index (χ2v) is 11.2. The number of hydrogen-bond donors (Lipinski definition) is 3. The fraction of sp³-hybridized carbons (Fsp3) is 0.690. The molecule has 0 unspecified atom stereocenters. The summed E-state index contributed by atoms with van der Waals surface area (Å²) >= 11 is 0. The van der Waals surface area contributed by atoms with Crippen molar-refractivity contribution in [3.05, 3.63) is 35.9 Å². The van der Waals surface area contributed by atoms with E-state index in [2.05, 4.69) is 22.5 Å². The molecule has 1 atom stereocenters. The van der Waals surface area contributed by atoms with Crippen LogP contribution in [0.2, 0.25) is 0 Å². The Morgan fingerprint density at radius 1 is 1.03 bits per heavy atom. The van der Waals surface area contributed by atoms with Crippen molar-refractivity contribution in [3.8, 4) is 0 Å². The Morgan fingerprint density at radius 2 is 1.73 bits per heavy atom. The van der Waals surface area contributed by atoms with E-state index in [1.165, 1.54) is 0 Å². The van der Waals surface area contributed by atoms with E-state index in [1.54, 1.807) is 12.1 Å². The Hall–Kier alpha value is -2.45. The zero-order valence-corrected chi connectivity index (χ0v) is 22.3. The van der Waals surface area contributed by atoms with E-state index >= 15 is 0 Å². The molecule has 8 heteroatoms. The van der Waals surface area contributed by atoms with Crippen LogP contribution in [0.3, 0.4) is 0 Å². The normalized spacial score (nSPS) is 23.6. The summed E-state index contributed by atoms with van der Waals surface area (Å²) in [6.07, 6.45) is 8.66. The van der Waals surface area contributed by atoms with Crippen LogP contribution in [0.5, 0.6) is 0 Å². The van der Waals surface area contributed by atoms with Gasteiger partial charge < -0.3 is 25.5 Å². The van der Waals surface area contributed by atoms with E-state index in [9.17, 15) is 19.5 Å². The lowest BCUT2D eigenvalue weighted by molar-refractivity contribution is -0.163. The number of piperidine rings is 1. The maximum atomic E-state index is 13.7. The van der Waals surface area contributed by atoms with Gasteiger partial charge in [-0.25, -0.2) is 0 Å². The Morgan fingerprint density at radius 3 is 2.41 bits per heavy atom. The fourth-order valence-corrected chi connectivity index (χ4v) is 6.29. The van der Waals surface area contributed by atoms with Gasteiger partial charge in [-0.15, -0.1) is 0 Å². The SMILES string of the molecule is CCCCN1C(=O)[C@@H](CC2(O)CCCCC2)NC(=O)C12CCN(CCCNC(=O)c1ccccc1)CC2. The molecule has 0 radical (unpaired) electrons. The van der Waals surface area contributed by atoms with Crippen LogP contribution in [0.15, 0.2) is 30.3 Å². The molecule has 2 heterocycles. The summed E-state index contributed by atoms with van der Waals surface area (Å²) in [6.45, 7) is 5.60. The van der Waals surface area contributed by atoms with Crippen LogP contribution >= 0.6 is 0 Å². The van der Waals surface area contributed by atoms with Crippen molar-refractivity contribution < 1.29 is 19.5 Å². The van der Waals surface area contributed by atoms with Crippen molar-refractivity contribution in [1.29, 1.82) is 0 Å². The number of benzene rings is 1. The molecule has 0 bridgehead atoms. The molecule has 1 spiro atoms. The minimum atomic E-state index is -0.855. The molecule has 1 aromatic carbocycles. The number of rotatable bonds is 10. The monoisotopic (exact) mass is 512 g/mol. The summed E-state index contributed by atoms with van der Waals surface area (Å²) in [5.74, 6) is -0.138. The smallest absolute Gasteiger partial charge is 0.251 e. The number of carbonyl (C=O) groups is 3. The molecular weight excluding hydrogens is 468 g/mol. The van der Waals surface area contributed by atoms with Crippen molar-refractivity contribution in [1.82, 2.24) is 20.4 Å². The second kappa shape index (κ2) is 12.4. The summed E-state index contributed by atoms with van der Waals surface area (Å²) in [5.41, 5.74) is -0.987. The third-order valence-corrected chi connectivity index (χ3v) is 8.57. The van der Waals surface area contributed by atoms with Crippen molar-refractivity contribution in [2.24, 2.45) is 0 Å². The summed E-state index contributed by atoms with van der Waals surface area (Å²) in [7, 11) is 0. The van der Waals surface area contributed by atoms with Gasteiger partial charge in [0.1, 0.15) is 11.6 Å². The number of hydrogen-bond acceptors (Lipinski definition) is 5. The van der Waals surface area contributed by atoms with Crippen LogP contribution in [0, 0.1) is 0 Å². The summed E-state index contributed by atoms with van der Waals surface area (Å²) in [5, 5.41) is 17.1. The number of amides is 3. The number of aliphatic hydroxyl groups is 1.